The Bertz CT molecular complexity index is 1230. The molecule has 30 heavy (non-hydrogen) atoms. The summed E-state index contributed by atoms with van der Waals surface area (Å²) in [5.41, 5.74) is 3.99. The Morgan fingerprint density at radius 2 is 1.77 bits per heavy atom. The predicted octanol–water partition coefficient (Wildman–Crippen LogP) is 4.58. The molecule has 1 saturated heterocycles. The first-order valence-corrected chi connectivity index (χ1v) is 10.1. The van der Waals surface area contributed by atoms with Gasteiger partial charge < -0.3 is 4.57 Å². The summed E-state index contributed by atoms with van der Waals surface area (Å²) in [6.07, 6.45) is 3.42. The third-order valence-corrected chi connectivity index (χ3v) is 5.66. The molecule has 3 aromatic rings. The first-order chi connectivity index (χ1) is 14.4. The molecule has 150 valence electrons. The molecule has 5 nitrogen and oxygen atoms in total. The van der Waals surface area contributed by atoms with E-state index in [1.54, 1.807) is 12.1 Å². The molecule has 0 saturated carbocycles. The van der Waals surface area contributed by atoms with Crippen LogP contribution in [0.25, 0.3) is 11.8 Å². The van der Waals surface area contributed by atoms with Crippen molar-refractivity contribution in [2.75, 3.05) is 4.90 Å². The molecule has 2 aromatic carbocycles. The van der Waals surface area contributed by atoms with Gasteiger partial charge in [-0.3, -0.25) is 19.8 Å². The van der Waals surface area contributed by atoms with Crippen molar-refractivity contribution in [1.29, 1.82) is 0 Å². The minimum absolute atomic E-state index is 0.00464. The van der Waals surface area contributed by atoms with E-state index in [2.05, 4.69) is 5.32 Å². The van der Waals surface area contributed by atoms with Crippen molar-refractivity contribution in [3.05, 3.63) is 88.2 Å². The number of hydrogen-bond acceptors (Lipinski definition) is 3. The van der Waals surface area contributed by atoms with E-state index in [4.69, 9.17) is 23.8 Å². The third kappa shape index (κ3) is 3.56. The summed E-state index contributed by atoms with van der Waals surface area (Å²) in [5, 5.41) is 3.33. The van der Waals surface area contributed by atoms with Gasteiger partial charge >= 0.3 is 0 Å². The molecule has 1 aliphatic heterocycles. The van der Waals surface area contributed by atoms with Crippen LogP contribution < -0.4 is 10.2 Å². The van der Waals surface area contributed by atoms with E-state index in [1.165, 1.54) is 4.90 Å². The number of nitrogens with zero attached hydrogens (tertiary/aromatic N) is 2. The van der Waals surface area contributed by atoms with Crippen LogP contribution >= 0.6 is 23.8 Å². The highest BCUT2D eigenvalue weighted by Crippen LogP contribution is 2.26. The predicted molar refractivity (Wildman–Crippen MR) is 123 cm³/mol. The molecule has 0 radical (unpaired) electrons. The number of amides is 2. The summed E-state index contributed by atoms with van der Waals surface area (Å²) in [6.45, 7) is 3.82. The Labute approximate surface area is 184 Å². The van der Waals surface area contributed by atoms with E-state index in [0.717, 1.165) is 16.8 Å². The quantitative estimate of drug-likeness (QED) is 0.372. The van der Waals surface area contributed by atoms with Crippen molar-refractivity contribution in [3.8, 4) is 5.69 Å². The second kappa shape index (κ2) is 7.89. The van der Waals surface area contributed by atoms with Crippen LogP contribution in [0.4, 0.5) is 5.69 Å². The van der Waals surface area contributed by atoms with E-state index in [1.807, 2.05) is 73.1 Å². The Morgan fingerprint density at radius 3 is 2.50 bits per heavy atom. The second-order valence-electron chi connectivity index (χ2n) is 6.98. The number of anilines is 1. The maximum Gasteiger partial charge on any atom is 0.270 e. The zero-order valence-corrected chi connectivity index (χ0v) is 17.9. The first-order valence-electron chi connectivity index (χ1n) is 9.28. The maximum atomic E-state index is 13.3. The lowest BCUT2D eigenvalue weighted by molar-refractivity contribution is -0.122. The number of thiocarbonyl (C=S) groups is 1. The summed E-state index contributed by atoms with van der Waals surface area (Å²) < 4.78 is 1.86. The Balaban J connectivity index is 1.77. The van der Waals surface area contributed by atoms with Crippen molar-refractivity contribution in [2.45, 2.75) is 13.8 Å². The highest BCUT2D eigenvalue weighted by molar-refractivity contribution is 7.80. The summed E-state index contributed by atoms with van der Waals surface area (Å²) >= 11 is 11.5. The van der Waals surface area contributed by atoms with Crippen LogP contribution in [-0.2, 0) is 9.59 Å². The van der Waals surface area contributed by atoms with Crippen molar-refractivity contribution in [1.82, 2.24) is 9.88 Å². The molecule has 4 rings (SSSR count). The number of carbonyl (C=O) groups excluding carboxylic acids is 2. The van der Waals surface area contributed by atoms with Crippen LogP contribution in [0.2, 0.25) is 5.02 Å². The van der Waals surface area contributed by atoms with E-state index in [-0.39, 0.29) is 10.7 Å². The normalized spacial score (nSPS) is 15.6. The molecule has 1 aliphatic rings. The minimum Gasteiger partial charge on any atom is -0.317 e. The molecule has 0 spiro atoms. The molecule has 0 aliphatic carbocycles. The Kier molecular flexibility index (Phi) is 5.28. The van der Waals surface area contributed by atoms with E-state index >= 15 is 0 Å². The van der Waals surface area contributed by atoms with Gasteiger partial charge in [0, 0.05) is 22.6 Å². The highest BCUT2D eigenvalue weighted by Gasteiger charge is 2.35. The average Bonchev–Trinajstić information content (AvgIpc) is 3.17. The molecule has 2 heterocycles. The fraction of sp³-hybridized carbons (Fsp3) is 0.0870. The number of carbonyl (C=O) groups is 2. The number of benzene rings is 2. The summed E-state index contributed by atoms with van der Waals surface area (Å²) in [4.78, 5) is 27.2. The zero-order valence-electron chi connectivity index (χ0n) is 16.3. The van der Waals surface area contributed by atoms with Gasteiger partial charge in [0.1, 0.15) is 5.57 Å². The van der Waals surface area contributed by atoms with Gasteiger partial charge in [-0.1, -0.05) is 35.9 Å². The average molecular weight is 436 g/mol. The lowest BCUT2D eigenvalue weighted by Gasteiger charge is -2.30. The van der Waals surface area contributed by atoms with Gasteiger partial charge in [-0.05, 0) is 73.6 Å². The molecule has 0 atom stereocenters. The lowest BCUT2D eigenvalue weighted by atomic mass is 10.1. The number of aromatic nitrogens is 1. The zero-order chi connectivity index (χ0) is 21.4. The molecule has 7 heteroatoms. The van der Waals surface area contributed by atoms with Gasteiger partial charge in [-0.25, -0.2) is 0 Å². The van der Waals surface area contributed by atoms with E-state index < -0.39 is 11.8 Å². The van der Waals surface area contributed by atoms with Crippen LogP contribution in [0.5, 0.6) is 0 Å². The second-order valence-corrected chi connectivity index (χ2v) is 7.77. The SMILES string of the molecule is Cc1ccc(-n2cccc2/C=C2\C(=O)NC(=S)N(c3ccccc3C)C2=O)cc1Cl. The molecular weight excluding hydrogens is 418 g/mol. The smallest absolute Gasteiger partial charge is 0.270 e. The van der Waals surface area contributed by atoms with Crippen LogP contribution in [0.3, 0.4) is 0 Å². The van der Waals surface area contributed by atoms with Crippen molar-refractivity contribution >= 4 is 52.5 Å². The van der Waals surface area contributed by atoms with Crippen LogP contribution in [0.1, 0.15) is 16.8 Å². The monoisotopic (exact) mass is 435 g/mol. The maximum absolute atomic E-state index is 13.3. The largest absolute Gasteiger partial charge is 0.317 e. The molecule has 1 fully saturated rings. The first kappa shape index (κ1) is 20.1. The van der Waals surface area contributed by atoms with Gasteiger partial charge in [0.25, 0.3) is 11.8 Å². The fourth-order valence-corrected chi connectivity index (χ4v) is 3.77. The van der Waals surface area contributed by atoms with Gasteiger partial charge in [-0.2, -0.15) is 0 Å². The van der Waals surface area contributed by atoms with Crippen molar-refractivity contribution in [3.63, 3.8) is 0 Å². The van der Waals surface area contributed by atoms with Gasteiger partial charge in [0.2, 0.25) is 0 Å². The molecular formula is C23H18ClN3O2S. The molecule has 1 N–H and O–H groups in total. The topological polar surface area (TPSA) is 54.3 Å². The molecule has 0 unspecified atom stereocenters. The van der Waals surface area contributed by atoms with Gasteiger partial charge in [0.05, 0.1) is 5.69 Å². The van der Waals surface area contributed by atoms with Gasteiger partial charge in [0.15, 0.2) is 5.11 Å². The lowest BCUT2D eigenvalue weighted by Crippen LogP contribution is -2.54. The number of nitrogens with one attached hydrogen (secondary N) is 1. The van der Waals surface area contributed by atoms with Crippen LogP contribution in [0, 0.1) is 13.8 Å². The highest BCUT2D eigenvalue weighted by atomic mass is 35.5. The standard InChI is InChI=1S/C23H18ClN3O2S/c1-14-9-10-17(13-19(14)24)26-11-5-7-16(26)12-18-21(28)25-23(30)27(22(18)29)20-8-4-3-6-15(20)2/h3-13H,1-2H3,(H,25,28,30)/b18-12+. The van der Waals surface area contributed by atoms with Crippen molar-refractivity contribution in [2.24, 2.45) is 0 Å². The number of para-hydroxylation sites is 1. The molecule has 1 aromatic heterocycles. The number of hydrogen-bond donors (Lipinski definition) is 1. The number of rotatable bonds is 3. The minimum atomic E-state index is -0.524. The Hall–Kier alpha value is -3.22. The summed E-state index contributed by atoms with van der Waals surface area (Å²) in [7, 11) is 0. The van der Waals surface area contributed by atoms with Gasteiger partial charge in [-0.15, -0.1) is 0 Å². The fourth-order valence-electron chi connectivity index (χ4n) is 3.32. The van der Waals surface area contributed by atoms with Crippen LogP contribution in [0.15, 0.2) is 66.4 Å². The Morgan fingerprint density at radius 1 is 1.00 bits per heavy atom. The molecule has 2 amide bonds. The summed E-state index contributed by atoms with van der Waals surface area (Å²) in [6, 6.07) is 16.8. The van der Waals surface area contributed by atoms with E-state index in [0.29, 0.717) is 16.4 Å². The number of halogens is 1. The molecule has 0 bridgehead atoms. The summed E-state index contributed by atoms with van der Waals surface area (Å²) in [5.74, 6) is -0.989. The van der Waals surface area contributed by atoms with E-state index in [9.17, 15) is 9.59 Å². The third-order valence-electron chi connectivity index (χ3n) is 4.96. The van der Waals surface area contributed by atoms with Crippen LogP contribution in [-0.4, -0.2) is 21.5 Å². The number of aryl methyl sites for hydroxylation is 2. The van der Waals surface area contributed by atoms with Crippen molar-refractivity contribution < 1.29 is 9.59 Å².